The van der Waals surface area contributed by atoms with Crippen LogP contribution in [-0.4, -0.2) is 67.4 Å². The van der Waals surface area contributed by atoms with E-state index in [4.69, 9.17) is 9.47 Å². The number of hydrogen-bond donors (Lipinski definition) is 0. The fraction of sp³-hybridized carbons (Fsp3) is 0.0526. The van der Waals surface area contributed by atoms with Gasteiger partial charge in [-0.2, -0.15) is 0 Å². The molecule has 0 N–H and O–H groups in total. The monoisotopic (exact) mass is 1370 g/mol. The Labute approximate surface area is 645 Å². The summed E-state index contributed by atoms with van der Waals surface area (Å²) in [5.74, 6) is -0.982. The maximum Gasteiger partial charge on any atom is 0.261 e. The molecule has 0 radical (unpaired) electrons. The maximum atomic E-state index is 10.5. The summed E-state index contributed by atoms with van der Waals surface area (Å²) in [5.41, 5.74) is 9.78. The first-order valence-corrected chi connectivity index (χ1v) is 35.5. The smallest absolute Gasteiger partial charge is 0.261 e. The largest absolute Gasteiger partial charge is 0.459 e. The van der Waals surface area contributed by atoms with Gasteiger partial charge in [0.15, 0.2) is 0 Å². The van der Waals surface area contributed by atoms with Crippen LogP contribution in [0, 0.1) is 0 Å². The summed E-state index contributed by atoms with van der Waals surface area (Å²) >= 11 is 0. The van der Waals surface area contributed by atoms with Crippen molar-refractivity contribution in [3.63, 3.8) is 0 Å². The summed E-state index contributed by atoms with van der Waals surface area (Å²) in [6.45, 7) is -2.36. The summed E-state index contributed by atoms with van der Waals surface area (Å²) in [6.07, 6.45) is 0. The summed E-state index contributed by atoms with van der Waals surface area (Å²) in [4.78, 5) is 8.92. The van der Waals surface area contributed by atoms with Crippen LogP contribution in [0.1, 0.15) is 30.2 Å². The zero-order valence-electron chi connectivity index (χ0n) is 78.4. The lowest BCUT2D eigenvalue weighted by molar-refractivity contribution is 0.313. The molecule has 24 rings (SSSR count). The van der Waals surface area contributed by atoms with Gasteiger partial charge in [0.25, 0.3) is 20.1 Å². The molecule has 0 amide bonds. The topological polar surface area (TPSA) is 41.3 Å². The van der Waals surface area contributed by atoms with Gasteiger partial charge in [-0.3, -0.25) is 0 Å². The SMILES string of the molecule is [2H]c1c([2H])c([2H])c2c(c1[2H])Oc1c3c(cc4c1B2c1c([2H])c([2H])c([2H])c2c5c([2H])c([2H])c([2H])c([2H])c5n-4c12)N(c1c(-c2ccccc2)cccc1-c1ccccc1)c1cc(N2CCN(C)CC2)cc2c1B3c1c(cc3c4c1Oc1c([2H])c([2H])c([2H])c([2H])c1B4c1c([2H])c([2H])c([2H])c4c5c([2H])c([2H])c([2H])c([2H])c5n-3c14)N2c1c(-c2ccccc2)cccc1-c1ccccc1. The van der Waals surface area contributed by atoms with E-state index in [0.717, 1.165) is 22.3 Å². The van der Waals surface area contributed by atoms with Gasteiger partial charge in [0, 0.05) is 121 Å². The van der Waals surface area contributed by atoms with E-state index in [-0.39, 0.29) is 122 Å². The first-order chi connectivity index (χ1) is 61.7. The van der Waals surface area contributed by atoms with Gasteiger partial charge in [-0.05, 0) is 127 Å². The number of para-hydroxylation sites is 8. The molecular formula is C95H63B3N6O2. The van der Waals surface area contributed by atoms with Crippen LogP contribution in [0.2, 0.25) is 0 Å². The Balaban J connectivity index is 0.987. The second-order valence-corrected chi connectivity index (χ2v) is 28.0. The second kappa shape index (κ2) is 22.0. The van der Waals surface area contributed by atoms with Crippen molar-refractivity contribution >= 4 is 153 Å². The molecule has 0 unspecified atom stereocenters. The lowest BCUT2D eigenvalue weighted by Gasteiger charge is -2.49. The van der Waals surface area contributed by atoms with Crippen molar-refractivity contribution in [1.82, 2.24) is 14.0 Å². The van der Waals surface area contributed by atoms with Gasteiger partial charge in [-0.1, -0.05) is 266 Å². The van der Waals surface area contributed by atoms with Crippen molar-refractivity contribution in [2.75, 3.05) is 47.9 Å². The number of aromatic nitrogens is 2. The van der Waals surface area contributed by atoms with E-state index in [1.807, 2.05) is 170 Å². The van der Waals surface area contributed by atoms with Crippen molar-refractivity contribution in [2.45, 2.75) is 0 Å². The predicted molar refractivity (Wildman–Crippen MR) is 443 cm³/mol. The van der Waals surface area contributed by atoms with Crippen LogP contribution < -0.4 is 73.3 Å². The van der Waals surface area contributed by atoms with Gasteiger partial charge in [0.2, 0.25) is 0 Å². The van der Waals surface area contributed by atoms with Gasteiger partial charge < -0.3 is 38.2 Å². The van der Waals surface area contributed by atoms with Gasteiger partial charge in [-0.15, -0.1) is 0 Å². The minimum atomic E-state index is -1.58. The van der Waals surface area contributed by atoms with Crippen LogP contribution in [0.25, 0.3) is 99.5 Å². The maximum absolute atomic E-state index is 10.5. The average Bonchev–Trinajstić information content (AvgIpc) is 1.25. The zero-order chi connectivity index (χ0) is 88.3. The lowest BCUT2D eigenvalue weighted by atomic mass is 9.28. The Morgan fingerprint density at radius 2 is 0.679 bits per heavy atom. The second-order valence-electron chi connectivity index (χ2n) is 28.0. The van der Waals surface area contributed by atoms with Crippen LogP contribution in [0.5, 0.6) is 23.0 Å². The third kappa shape index (κ3) is 7.94. The van der Waals surface area contributed by atoms with E-state index < -0.39 is 165 Å². The van der Waals surface area contributed by atoms with Crippen LogP contribution in [0.15, 0.2) is 315 Å². The molecule has 1 saturated heterocycles. The normalized spacial score (nSPS) is 17.4. The molecule has 0 saturated carbocycles. The lowest BCUT2D eigenvalue weighted by Crippen LogP contribution is -2.67. The molecule has 106 heavy (non-hydrogen) atoms. The number of likely N-dealkylation sites (N-methyl/N-ethyl adjacent to an activating group) is 1. The molecule has 17 aromatic rings. The molecule has 1 fully saturated rings. The third-order valence-electron chi connectivity index (χ3n) is 22.8. The Kier molecular flexibility index (Phi) is 8.61. The number of fused-ring (bicyclic) bond motifs is 20. The van der Waals surface area contributed by atoms with E-state index in [2.05, 4.69) is 38.8 Å². The van der Waals surface area contributed by atoms with Crippen LogP contribution >= 0.6 is 0 Å². The van der Waals surface area contributed by atoms with E-state index in [1.54, 1.807) is 9.13 Å². The number of ether oxygens (including phenoxy) is 2. The number of rotatable bonds is 7. The molecule has 8 nitrogen and oxygen atoms in total. The molecule has 15 aromatic carbocycles. The van der Waals surface area contributed by atoms with Crippen LogP contribution in [0.3, 0.4) is 0 Å². The van der Waals surface area contributed by atoms with Crippen molar-refractivity contribution < 1.29 is 39.6 Å². The van der Waals surface area contributed by atoms with Crippen molar-refractivity contribution in [1.29, 1.82) is 0 Å². The summed E-state index contributed by atoms with van der Waals surface area (Å²) in [7, 11) is 2.07. The Morgan fingerprint density at radius 1 is 0.321 bits per heavy atom. The summed E-state index contributed by atoms with van der Waals surface area (Å²) < 4.78 is 238. The van der Waals surface area contributed by atoms with Gasteiger partial charge in [0.05, 0.1) is 52.6 Å². The van der Waals surface area contributed by atoms with Crippen LogP contribution in [-0.2, 0) is 0 Å². The van der Waals surface area contributed by atoms with E-state index >= 15 is 0 Å². The minimum Gasteiger partial charge on any atom is -0.459 e. The fourth-order valence-electron chi connectivity index (χ4n) is 18.4. The van der Waals surface area contributed by atoms with Gasteiger partial charge >= 0.3 is 0 Å². The highest BCUT2D eigenvalue weighted by Crippen LogP contribution is 2.57. The Hall–Kier alpha value is -12.9. The van der Waals surface area contributed by atoms with Crippen molar-refractivity contribution in [2.24, 2.45) is 0 Å². The molecule has 0 bridgehead atoms. The minimum absolute atomic E-state index is 0.00122. The quantitative estimate of drug-likeness (QED) is 0.148. The van der Waals surface area contributed by atoms with Crippen molar-refractivity contribution in [3.8, 4) is 78.9 Å². The van der Waals surface area contributed by atoms with Crippen LogP contribution in [0.4, 0.5) is 39.8 Å². The average molecular weight is 1380 g/mol. The summed E-state index contributed by atoms with van der Waals surface area (Å²) in [5, 5.41) is -0.558. The Bertz CT molecular complexity index is 7490. The van der Waals surface area contributed by atoms with Crippen molar-refractivity contribution in [3.05, 3.63) is 315 Å². The van der Waals surface area contributed by atoms with E-state index in [9.17, 15) is 30.2 Å². The molecule has 0 atom stereocenters. The molecular weight excluding hydrogens is 1290 g/mol. The first kappa shape index (κ1) is 41.4. The van der Waals surface area contributed by atoms with Gasteiger partial charge in [0.1, 0.15) is 23.0 Å². The predicted octanol–water partition coefficient (Wildman–Crippen LogP) is 16.3. The van der Waals surface area contributed by atoms with E-state index in [0.29, 0.717) is 82.3 Å². The number of nitrogens with zero attached hydrogens (tertiary/aromatic N) is 6. The van der Waals surface area contributed by atoms with Gasteiger partial charge in [-0.25, -0.2) is 0 Å². The van der Waals surface area contributed by atoms with E-state index in [1.165, 1.54) is 0 Å². The zero-order valence-corrected chi connectivity index (χ0v) is 56.4. The molecule has 494 valence electrons. The standard InChI is InChI=1S/C95H63B3N6O2/c1-99-50-52-100(53-51-99)62-54-77-85-78(55-62)104(91-65(60-30-10-4-11-31-60)38-23-39-66(91)61-32-12-5-13-33-61)82-57-80-87-95(106-84-49-21-17-43-72(84)97(87)74-45-25-41-70-68-35-15-19-47-76(68)102(80)93(70)74)89(82)98(85)88-81(103(77)90-63(58-26-6-2-7-27-58)36-22-37-64(90)59-28-8-3-9-29-59)56-79-86-94(88)105-83-48-20-16-42-71(83)96(86)73-44-24-40-69-67-34-14-18-46-75(67)101(79)92(69)73/h2-49,54-57H,50-53H2,1H3/i14D,15D,16D,17D,18D,19D,20D,21D,24D,25D,34D,35D,40D,41D,42D,43D,44D,45D,46D,47D,48D,49D. The fourth-order valence-corrected chi connectivity index (χ4v) is 18.4. The highest BCUT2D eigenvalue weighted by Gasteiger charge is 2.55. The number of piperazine rings is 1. The molecule has 2 aromatic heterocycles. The number of benzene rings is 15. The molecule has 0 spiro atoms. The summed E-state index contributed by atoms with van der Waals surface area (Å²) in [6, 6.07) is 45.9. The molecule has 0 aliphatic carbocycles. The number of anilines is 7. The number of hydrogen-bond acceptors (Lipinski definition) is 6. The molecule has 7 aliphatic rings. The third-order valence-corrected chi connectivity index (χ3v) is 22.8. The first-order valence-electron chi connectivity index (χ1n) is 46.5. The molecule has 7 aliphatic heterocycles. The molecule has 11 heteroatoms. The molecule has 9 heterocycles. The highest BCUT2D eigenvalue weighted by atomic mass is 16.5. The highest BCUT2D eigenvalue weighted by molar-refractivity contribution is 7.05. The Morgan fingerprint density at radius 3 is 1.10 bits per heavy atom.